The summed E-state index contributed by atoms with van der Waals surface area (Å²) >= 11 is 1.13. The minimum Gasteiger partial charge on any atom is -0.286 e. The van der Waals surface area contributed by atoms with Crippen LogP contribution in [0, 0.1) is 10.1 Å². The zero-order valence-corrected chi connectivity index (χ0v) is 9.05. The largest absolute Gasteiger partial charge is 0.286 e. The van der Waals surface area contributed by atoms with E-state index in [0.29, 0.717) is 5.39 Å². The van der Waals surface area contributed by atoms with Gasteiger partial charge in [-0.3, -0.25) is 14.9 Å². The van der Waals surface area contributed by atoms with Crippen LogP contribution in [0.25, 0.3) is 20.5 Å². The molecule has 0 unspecified atom stereocenters. The molecular weight excluding hydrogens is 244 g/mol. The van der Waals surface area contributed by atoms with Crippen LogP contribution < -0.4 is 0 Å². The number of amides is 1. The molecule has 0 spiro atoms. The molecule has 0 radical (unpaired) electrons. The van der Waals surface area contributed by atoms with Crippen molar-refractivity contribution in [3.63, 3.8) is 0 Å². The number of non-ortho nitro benzene ring substituents is 1. The molecule has 0 atom stereocenters. The molecule has 0 N–H and O–H groups in total. The summed E-state index contributed by atoms with van der Waals surface area (Å²) in [6.45, 7) is 0. The maximum absolute atomic E-state index is 11.3. The first-order chi connectivity index (χ1) is 8.11. The van der Waals surface area contributed by atoms with Crippen molar-refractivity contribution in [2.24, 2.45) is 5.11 Å². The summed E-state index contributed by atoms with van der Waals surface area (Å²) in [5.74, 6) is -0.684. The van der Waals surface area contributed by atoms with Crippen molar-refractivity contribution < 1.29 is 9.72 Å². The SMILES string of the molecule is [N-]=[N+]=NC(=O)c1cc2cc([N+](=O)[O-])ccc2s1. The van der Waals surface area contributed by atoms with Crippen LogP contribution in [-0.4, -0.2) is 10.8 Å². The monoisotopic (exact) mass is 248 g/mol. The molecule has 1 heterocycles. The summed E-state index contributed by atoms with van der Waals surface area (Å²) in [5, 5.41) is 14.1. The number of benzene rings is 1. The highest BCUT2D eigenvalue weighted by molar-refractivity contribution is 7.20. The second-order valence-electron chi connectivity index (χ2n) is 3.08. The fourth-order valence-corrected chi connectivity index (χ4v) is 2.26. The molecule has 0 saturated carbocycles. The van der Waals surface area contributed by atoms with E-state index in [9.17, 15) is 14.9 Å². The number of thiophene rings is 1. The summed E-state index contributed by atoms with van der Waals surface area (Å²) < 4.78 is 0.729. The number of nitro benzene ring substituents is 1. The van der Waals surface area contributed by atoms with Crippen LogP contribution in [0.2, 0.25) is 0 Å². The Labute approximate surface area is 98.1 Å². The third kappa shape index (κ3) is 2.07. The van der Waals surface area contributed by atoms with E-state index in [2.05, 4.69) is 10.0 Å². The first kappa shape index (κ1) is 11.1. The van der Waals surface area contributed by atoms with E-state index in [4.69, 9.17) is 5.53 Å². The van der Waals surface area contributed by atoms with E-state index in [1.807, 2.05) is 0 Å². The lowest BCUT2D eigenvalue weighted by molar-refractivity contribution is -0.384. The Bertz CT molecular complexity index is 672. The molecule has 7 nitrogen and oxygen atoms in total. The number of carbonyl (C=O) groups is 1. The smallest absolute Gasteiger partial charge is 0.270 e. The highest BCUT2D eigenvalue weighted by atomic mass is 32.1. The van der Waals surface area contributed by atoms with Gasteiger partial charge in [0.2, 0.25) is 0 Å². The number of azide groups is 1. The molecule has 0 bridgehead atoms. The van der Waals surface area contributed by atoms with Crippen LogP contribution in [0.4, 0.5) is 5.69 Å². The summed E-state index contributed by atoms with van der Waals surface area (Å²) in [6.07, 6.45) is 0. The molecule has 0 saturated heterocycles. The van der Waals surface area contributed by atoms with Gasteiger partial charge in [-0.25, -0.2) is 0 Å². The van der Waals surface area contributed by atoms with E-state index in [1.54, 1.807) is 6.07 Å². The van der Waals surface area contributed by atoms with E-state index in [0.717, 1.165) is 16.0 Å². The van der Waals surface area contributed by atoms with Gasteiger partial charge in [-0.2, -0.15) is 0 Å². The molecule has 1 amide bonds. The van der Waals surface area contributed by atoms with Crippen molar-refractivity contribution in [1.82, 2.24) is 0 Å². The van der Waals surface area contributed by atoms with Gasteiger partial charge >= 0.3 is 0 Å². The quantitative estimate of drug-likeness (QED) is 0.267. The predicted molar refractivity (Wildman–Crippen MR) is 62.0 cm³/mol. The molecule has 17 heavy (non-hydrogen) atoms. The highest BCUT2D eigenvalue weighted by Crippen LogP contribution is 2.29. The second kappa shape index (κ2) is 4.20. The molecule has 8 heteroatoms. The number of nitrogens with zero attached hydrogens (tertiary/aromatic N) is 4. The Kier molecular flexibility index (Phi) is 2.73. The van der Waals surface area contributed by atoms with Crippen LogP contribution in [0.5, 0.6) is 0 Å². The van der Waals surface area contributed by atoms with Crippen molar-refractivity contribution in [1.29, 1.82) is 0 Å². The number of nitro groups is 1. The maximum atomic E-state index is 11.3. The highest BCUT2D eigenvalue weighted by Gasteiger charge is 2.11. The van der Waals surface area contributed by atoms with E-state index < -0.39 is 10.8 Å². The Morgan fingerprint density at radius 3 is 2.88 bits per heavy atom. The zero-order chi connectivity index (χ0) is 12.4. The Balaban J connectivity index is 2.54. The minimum absolute atomic E-state index is 0.0434. The Hall–Kier alpha value is -2.44. The summed E-state index contributed by atoms with van der Waals surface area (Å²) in [4.78, 5) is 24.0. The molecule has 1 aromatic carbocycles. The molecule has 0 aliphatic rings. The van der Waals surface area contributed by atoms with E-state index in [1.165, 1.54) is 18.2 Å². The molecule has 2 aromatic rings. The van der Waals surface area contributed by atoms with Gasteiger partial charge in [0.1, 0.15) is 0 Å². The average Bonchev–Trinajstić information content (AvgIpc) is 2.71. The van der Waals surface area contributed by atoms with Gasteiger partial charge in [0.25, 0.3) is 11.6 Å². The lowest BCUT2D eigenvalue weighted by atomic mass is 10.2. The third-order valence-corrected chi connectivity index (χ3v) is 3.16. The Morgan fingerprint density at radius 1 is 1.47 bits per heavy atom. The number of fused-ring (bicyclic) bond motifs is 1. The summed E-state index contributed by atoms with van der Waals surface area (Å²) in [7, 11) is 0. The molecule has 1 aromatic heterocycles. The normalized spacial score (nSPS) is 9.88. The number of hydrogen-bond donors (Lipinski definition) is 0. The van der Waals surface area contributed by atoms with Crippen molar-refractivity contribution >= 4 is 33.0 Å². The van der Waals surface area contributed by atoms with Gasteiger partial charge < -0.3 is 0 Å². The van der Waals surface area contributed by atoms with Gasteiger partial charge in [-0.05, 0) is 28.2 Å². The van der Waals surface area contributed by atoms with Gasteiger partial charge in [-0.15, -0.1) is 11.3 Å². The third-order valence-electron chi connectivity index (χ3n) is 2.06. The van der Waals surface area contributed by atoms with Gasteiger partial charge in [0, 0.05) is 21.7 Å². The molecule has 0 aliphatic heterocycles. The lowest BCUT2D eigenvalue weighted by Gasteiger charge is -1.89. The van der Waals surface area contributed by atoms with Crippen molar-refractivity contribution in [3.8, 4) is 0 Å². The van der Waals surface area contributed by atoms with Gasteiger partial charge in [0.05, 0.1) is 9.80 Å². The summed E-state index contributed by atoms with van der Waals surface area (Å²) in [5.41, 5.74) is 8.10. The molecule has 84 valence electrons. The predicted octanol–water partition coefficient (Wildman–Crippen LogP) is 3.26. The van der Waals surface area contributed by atoms with Crippen LogP contribution in [0.1, 0.15) is 9.67 Å². The molecule has 2 rings (SSSR count). The first-order valence-electron chi connectivity index (χ1n) is 4.39. The van der Waals surface area contributed by atoms with Crippen molar-refractivity contribution in [3.05, 3.63) is 49.7 Å². The molecule has 0 aliphatic carbocycles. The van der Waals surface area contributed by atoms with Gasteiger partial charge in [-0.1, -0.05) is 0 Å². The van der Waals surface area contributed by atoms with E-state index in [-0.39, 0.29) is 10.6 Å². The maximum Gasteiger partial charge on any atom is 0.270 e. The van der Waals surface area contributed by atoms with Crippen molar-refractivity contribution in [2.45, 2.75) is 0 Å². The van der Waals surface area contributed by atoms with Crippen LogP contribution >= 0.6 is 11.3 Å². The second-order valence-corrected chi connectivity index (χ2v) is 4.17. The molecular formula is C9H4N4O3S. The standard InChI is InChI=1S/C9H4N4O3S/c10-12-11-9(14)8-4-5-3-6(13(15)16)1-2-7(5)17-8/h1-4H. The van der Waals surface area contributed by atoms with E-state index >= 15 is 0 Å². The van der Waals surface area contributed by atoms with Crippen LogP contribution in [-0.2, 0) is 0 Å². The fourth-order valence-electron chi connectivity index (χ4n) is 1.34. The number of rotatable bonds is 2. The first-order valence-corrected chi connectivity index (χ1v) is 5.21. The molecule has 0 fully saturated rings. The topological polar surface area (TPSA) is 109 Å². The average molecular weight is 248 g/mol. The summed E-state index contributed by atoms with van der Waals surface area (Å²) in [6, 6.07) is 5.77. The van der Waals surface area contributed by atoms with Crippen LogP contribution in [0.15, 0.2) is 29.4 Å². The zero-order valence-electron chi connectivity index (χ0n) is 8.23. The lowest BCUT2D eigenvalue weighted by Crippen LogP contribution is -1.86. The number of carbonyl (C=O) groups excluding carboxylic acids is 1. The minimum atomic E-state index is -0.684. The van der Waals surface area contributed by atoms with Crippen molar-refractivity contribution in [2.75, 3.05) is 0 Å². The van der Waals surface area contributed by atoms with Crippen LogP contribution in [0.3, 0.4) is 0 Å². The van der Waals surface area contributed by atoms with Gasteiger partial charge in [0.15, 0.2) is 0 Å². The number of hydrogen-bond acceptors (Lipinski definition) is 4. The Morgan fingerprint density at radius 2 is 2.24 bits per heavy atom. The fraction of sp³-hybridized carbons (Fsp3) is 0.